The summed E-state index contributed by atoms with van der Waals surface area (Å²) in [5.41, 5.74) is 3.45. The van der Waals surface area contributed by atoms with Crippen LogP contribution in [0.4, 0.5) is 8.78 Å². The summed E-state index contributed by atoms with van der Waals surface area (Å²) in [7, 11) is 0. The van der Waals surface area contributed by atoms with E-state index in [0.717, 1.165) is 18.4 Å². The number of hydrogen-bond donors (Lipinski definition) is 0. The summed E-state index contributed by atoms with van der Waals surface area (Å²) < 4.78 is 26.4. The lowest BCUT2D eigenvalue weighted by atomic mass is 9.80. The molecule has 2 unspecified atom stereocenters. The van der Waals surface area contributed by atoms with Crippen LogP contribution in [0.5, 0.6) is 0 Å². The van der Waals surface area contributed by atoms with Gasteiger partial charge in [-0.15, -0.1) is 0 Å². The van der Waals surface area contributed by atoms with Gasteiger partial charge in [-0.2, -0.15) is 0 Å². The van der Waals surface area contributed by atoms with Crippen molar-refractivity contribution < 1.29 is 8.78 Å². The van der Waals surface area contributed by atoms with Crippen molar-refractivity contribution in [3.05, 3.63) is 70.8 Å². The highest BCUT2D eigenvalue weighted by atomic mass is 79.9. The van der Waals surface area contributed by atoms with E-state index in [4.69, 9.17) is 0 Å². The van der Waals surface area contributed by atoms with Gasteiger partial charge >= 0.3 is 0 Å². The van der Waals surface area contributed by atoms with Crippen LogP contribution in [0.25, 0.3) is 0 Å². The highest BCUT2D eigenvalue weighted by molar-refractivity contribution is 9.09. The van der Waals surface area contributed by atoms with Crippen LogP contribution < -0.4 is 0 Å². The minimum absolute atomic E-state index is 0.155. The second-order valence-electron chi connectivity index (χ2n) is 4.92. The number of halogens is 3. The minimum atomic E-state index is -0.786. The molecule has 0 fully saturated rings. The van der Waals surface area contributed by atoms with Crippen LogP contribution in [0, 0.1) is 11.6 Å². The Morgan fingerprint density at radius 3 is 2.58 bits per heavy atom. The number of fused-ring (bicyclic) bond motifs is 1. The Bertz CT molecular complexity index is 609. The lowest BCUT2D eigenvalue weighted by Crippen LogP contribution is -2.15. The van der Waals surface area contributed by atoms with Gasteiger partial charge < -0.3 is 0 Å². The summed E-state index contributed by atoms with van der Waals surface area (Å²) in [5.74, 6) is -1.37. The van der Waals surface area contributed by atoms with E-state index >= 15 is 0 Å². The van der Waals surface area contributed by atoms with Crippen LogP contribution in [-0.2, 0) is 6.42 Å². The molecule has 1 aliphatic carbocycles. The molecule has 0 nitrogen and oxygen atoms in total. The van der Waals surface area contributed by atoms with Crippen molar-refractivity contribution in [3.63, 3.8) is 0 Å². The van der Waals surface area contributed by atoms with Gasteiger partial charge in [0, 0.05) is 10.7 Å². The van der Waals surface area contributed by atoms with Gasteiger partial charge in [-0.05, 0) is 41.7 Å². The Kier molecular flexibility index (Phi) is 3.40. The molecule has 2 aromatic carbocycles. The van der Waals surface area contributed by atoms with Gasteiger partial charge in [-0.3, -0.25) is 0 Å². The lowest BCUT2D eigenvalue weighted by Gasteiger charge is -2.30. The summed E-state index contributed by atoms with van der Waals surface area (Å²) >= 11 is 3.72. The summed E-state index contributed by atoms with van der Waals surface area (Å²) in [4.78, 5) is 0.155. The molecular formula is C16H13BrF2. The second kappa shape index (κ2) is 5.04. The van der Waals surface area contributed by atoms with Crippen LogP contribution in [0.1, 0.15) is 33.9 Å². The average molecular weight is 323 g/mol. The predicted molar refractivity (Wildman–Crippen MR) is 75.5 cm³/mol. The maximum Gasteiger partial charge on any atom is 0.159 e. The molecule has 0 bridgehead atoms. The second-order valence-corrected chi connectivity index (χ2v) is 5.91. The highest BCUT2D eigenvalue weighted by Crippen LogP contribution is 2.46. The Hall–Kier alpha value is -1.22. The molecule has 0 aromatic heterocycles. The maximum absolute atomic E-state index is 13.4. The van der Waals surface area contributed by atoms with Crippen LogP contribution in [0.15, 0.2) is 42.5 Å². The minimum Gasteiger partial charge on any atom is -0.204 e. The first-order chi connectivity index (χ1) is 9.16. The zero-order valence-corrected chi connectivity index (χ0v) is 11.8. The third-order valence-corrected chi connectivity index (χ3v) is 4.93. The molecule has 0 N–H and O–H groups in total. The third kappa shape index (κ3) is 2.32. The molecule has 98 valence electrons. The van der Waals surface area contributed by atoms with Crippen molar-refractivity contribution in [2.45, 2.75) is 23.6 Å². The van der Waals surface area contributed by atoms with Gasteiger partial charge in [0.05, 0.1) is 0 Å². The van der Waals surface area contributed by atoms with Crippen molar-refractivity contribution in [2.24, 2.45) is 0 Å². The quantitative estimate of drug-likeness (QED) is 0.638. The molecule has 3 rings (SSSR count). The Balaban J connectivity index is 1.97. The van der Waals surface area contributed by atoms with E-state index in [-0.39, 0.29) is 10.7 Å². The summed E-state index contributed by atoms with van der Waals surface area (Å²) in [6.45, 7) is 0. The van der Waals surface area contributed by atoms with Crippen LogP contribution in [0.3, 0.4) is 0 Å². The van der Waals surface area contributed by atoms with Crippen LogP contribution in [-0.4, -0.2) is 0 Å². The molecule has 0 spiro atoms. The molecule has 19 heavy (non-hydrogen) atoms. The molecule has 0 amide bonds. The smallest absolute Gasteiger partial charge is 0.159 e. The zero-order valence-electron chi connectivity index (χ0n) is 10.2. The molecule has 2 aromatic rings. The summed E-state index contributed by atoms with van der Waals surface area (Å²) in [6, 6.07) is 12.5. The highest BCUT2D eigenvalue weighted by Gasteiger charge is 2.28. The molecule has 0 radical (unpaired) electrons. The van der Waals surface area contributed by atoms with Crippen molar-refractivity contribution >= 4 is 15.9 Å². The van der Waals surface area contributed by atoms with Crippen LogP contribution in [0.2, 0.25) is 0 Å². The predicted octanol–water partition coefficient (Wildman–Crippen LogP) is 5.13. The van der Waals surface area contributed by atoms with Gasteiger partial charge in [-0.1, -0.05) is 46.3 Å². The van der Waals surface area contributed by atoms with Crippen LogP contribution >= 0.6 is 15.9 Å². The third-order valence-electron chi connectivity index (χ3n) is 3.80. The van der Waals surface area contributed by atoms with Gasteiger partial charge in [0.1, 0.15) is 0 Å². The fraction of sp³-hybridized carbons (Fsp3) is 0.250. The Labute approximate surface area is 119 Å². The number of rotatable bonds is 1. The molecule has 0 heterocycles. The van der Waals surface area contributed by atoms with Crippen molar-refractivity contribution in [1.82, 2.24) is 0 Å². The largest absolute Gasteiger partial charge is 0.204 e. The van der Waals surface area contributed by atoms with E-state index in [1.54, 1.807) is 6.07 Å². The summed E-state index contributed by atoms with van der Waals surface area (Å²) in [5, 5.41) is 0. The van der Waals surface area contributed by atoms with E-state index in [1.807, 2.05) is 12.1 Å². The number of alkyl halides is 1. The van der Waals surface area contributed by atoms with E-state index in [2.05, 4.69) is 28.1 Å². The van der Waals surface area contributed by atoms with Gasteiger partial charge in [0.25, 0.3) is 0 Å². The molecular weight excluding hydrogens is 310 g/mol. The van der Waals surface area contributed by atoms with E-state index in [0.29, 0.717) is 0 Å². The fourth-order valence-electron chi connectivity index (χ4n) is 2.78. The molecule has 0 saturated carbocycles. The maximum atomic E-state index is 13.4. The van der Waals surface area contributed by atoms with Gasteiger partial charge in [-0.25, -0.2) is 8.78 Å². The Morgan fingerprint density at radius 1 is 1.00 bits per heavy atom. The van der Waals surface area contributed by atoms with Crippen molar-refractivity contribution in [3.8, 4) is 0 Å². The van der Waals surface area contributed by atoms with E-state index in [1.165, 1.54) is 23.3 Å². The normalized spacial score (nSPS) is 22.1. The number of benzene rings is 2. The standard InChI is InChI=1S/C16H13BrF2/c17-16-12-4-2-1-3-10(12)5-7-13(16)11-6-8-14(18)15(19)9-11/h1-4,6,8-9,13,16H,5,7H2. The first-order valence-corrected chi connectivity index (χ1v) is 7.25. The lowest BCUT2D eigenvalue weighted by molar-refractivity contribution is 0.501. The topological polar surface area (TPSA) is 0 Å². The molecule has 1 aliphatic rings. The van der Waals surface area contributed by atoms with Gasteiger partial charge in [0.15, 0.2) is 11.6 Å². The molecule has 2 atom stereocenters. The van der Waals surface area contributed by atoms with E-state index in [9.17, 15) is 8.78 Å². The number of hydrogen-bond acceptors (Lipinski definition) is 0. The SMILES string of the molecule is Fc1ccc(C2CCc3ccccc3C2Br)cc1F. The first kappa shape index (κ1) is 12.8. The zero-order chi connectivity index (χ0) is 13.4. The summed E-state index contributed by atoms with van der Waals surface area (Å²) in [6.07, 6.45) is 1.92. The monoisotopic (exact) mass is 322 g/mol. The first-order valence-electron chi connectivity index (χ1n) is 6.33. The van der Waals surface area contributed by atoms with Crippen molar-refractivity contribution in [1.29, 1.82) is 0 Å². The number of aryl methyl sites for hydroxylation is 1. The van der Waals surface area contributed by atoms with Crippen molar-refractivity contribution in [2.75, 3.05) is 0 Å². The molecule has 0 aliphatic heterocycles. The average Bonchev–Trinajstić information content (AvgIpc) is 2.43. The van der Waals surface area contributed by atoms with Gasteiger partial charge in [0.2, 0.25) is 0 Å². The van der Waals surface area contributed by atoms with E-state index < -0.39 is 11.6 Å². The molecule has 0 saturated heterocycles. The molecule has 3 heteroatoms. The fourth-order valence-corrected chi connectivity index (χ4v) is 3.80. The Morgan fingerprint density at radius 2 is 1.79 bits per heavy atom.